The average molecular weight is 272 g/mol. The van der Waals surface area contributed by atoms with Crippen LogP contribution in [0.5, 0.6) is 0 Å². The average Bonchev–Trinajstić information content (AvgIpc) is 2.74. The Balaban J connectivity index is 2.65. The minimum Gasteiger partial charge on any atom is -0.282 e. The van der Waals surface area contributed by atoms with Crippen LogP contribution in [-0.2, 0) is 6.42 Å². The molecular formula is C17H24N2O. The van der Waals surface area contributed by atoms with Crippen LogP contribution in [0.4, 0.5) is 0 Å². The van der Waals surface area contributed by atoms with Crippen LogP contribution in [0.2, 0.25) is 0 Å². The number of aromatic amines is 1. The van der Waals surface area contributed by atoms with Gasteiger partial charge in [0.1, 0.15) is 0 Å². The van der Waals surface area contributed by atoms with Gasteiger partial charge in [-0.1, -0.05) is 37.6 Å². The lowest BCUT2D eigenvalue weighted by Gasteiger charge is -2.15. The summed E-state index contributed by atoms with van der Waals surface area (Å²) >= 11 is 0. The second kappa shape index (κ2) is 6.12. The van der Waals surface area contributed by atoms with Gasteiger partial charge in [-0.2, -0.15) is 0 Å². The molecule has 0 unspecified atom stereocenters. The van der Waals surface area contributed by atoms with Crippen molar-refractivity contribution in [2.24, 2.45) is 0 Å². The van der Waals surface area contributed by atoms with Gasteiger partial charge in [0.05, 0.1) is 5.69 Å². The molecule has 0 aliphatic heterocycles. The molecule has 0 atom stereocenters. The molecule has 108 valence electrons. The highest BCUT2D eigenvalue weighted by molar-refractivity contribution is 5.67. The fourth-order valence-electron chi connectivity index (χ4n) is 2.59. The van der Waals surface area contributed by atoms with Gasteiger partial charge >= 0.3 is 0 Å². The maximum Gasteiger partial charge on any atom is 0.267 e. The number of hydrogen-bond acceptors (Lipinski definition) is 1. The van der Waals surface area contributed by atoms with E-state index in [1.165, 1.54) is 5.56 Å². The number of unbranched alkanes of at least 4 members (excludes halogenated alkanes) is 1. The molecule has 3 nitrogen and oxygen atoms in total. The Labute approximate surface area is 120 Å². The normalized spacial score (nSPS) is 11.2. The quantitative estimate of drug-likeness (QED) is 0.875. The van der Waals surface area contributed by atoms with Crippen molar-refractivity contribution in [2.45, 2.75) is 53.0 Å². The summed E-state index contributed by atoms with van der Waals surface area (Å²) in [4.78, 5) is 12.3. The van der Waals surface area contributed by atoms with Crippen LogP contribution in [0.3, 0.4) is 0 Å². The molecule has 0 spiro atoms. The van der Waals surface area contributed by atoms with E-state index in [1.807, 2.05) is 16.8 Å². The Hall–Kier alpha value is -1.77. The summed E-state index contributed by atoms with van der Waals surface area (Å²) in [6, 6.07) is 8.52. The van der Waals surface area contributed by atoms with Crippen molar-refractivity contribution in [1.29, 1.82) is 0 Å². The molecule has 0 bridgehead atoms. The van der Waals surface area contributed by atoms with Gasteiger partial charge in [0.25, 0.3) is 5.56 Å². The van der Waals surface area contributed by atoms with Gasteiger partial charge in [0.15, 0.2) is 0 Å². The van der Waals surface area contributed by atoms with Gasteiger partial charge in [-0.25, -0.2) is 0 Å². The fourth-order valence-corrected chi connectivity index (χ4v) is 2.59. The van der Waals surface area contributed by atoms with Crippen LogP contribution in [0.25, 0.3) is 11.3 Å². The smallest absolute Gasteiger partial charge is 0.267 e. The number of rotatable bonds is 5. The lowest BCUT2D eigenvalue weighted by atomic mass is 9.99. The summed E-state index contributed by atoms with van der Waals surface area (Å²) < 4.78 is 2.01. The first-order valence-corrected chi connectivity index (χ1v) is 7.45. The van der Waals surface area contributed by atoms with Crippen LogP contribution in [0.15, 0.2) is 29.1 Å². The van der Waals surface area contributed by atoms with Crippen molar-refractivity contribution in [3.63, 3.8) is 0 Å². The van der Waals surface area contributed by atoms with E-state index < -0.39 is 0 Å². The molecule has 1 aromatic heterocycles. The van der Waals surface area contributed by atoms with Crippen molar-refractivity contribution in [3.8, 4) is 11.3 Å². The molecule has 0 amide bonds. The molecule has 0 aliphatic rings. The minimum absolute atomic E-state index is 0.0606. The number of hydrogen-bond donors (Lipinski definition) is 1. The molecule has 1 heterocycles. The third-order valence-corrected chi connectivity index (χ3v) is 3.72. The first-order chi connectivity index (χ1) is 9.56. The molecular weight excluding hydrogens is 248 g/mol. The van der Waals surface area contributed by atoms with E-state index in [2.05, 4.69) is 44.9 Å². The van der Waals surface area contributed by atoms with E-state index in [0.717, 1.165) is 36.1 Å². The Morgan fingerprint density at radius 2 is 1.95 bits per heavy atom. The van der Waals surface area contributed by atoms with Crippen LogP contribution in [0, 0.1) is 6.92 Å². The van der Waals surface area contributed by atoms with E-state index in [1.54, 1.807) is 0 Å². The van der Waals surface area contributed by atoms with Crippen molar-refractivity contribution in [2.75, 3.05) is 0 Å². The van der Waals surface area contributed by atoms with Gasteiger partial charge < -0.3 is 0 Å². The van der Waals surface area contributed by atoms with E-state index in [9.17, 15) is 4.79 Å². The van der Waals surface area contributed by atoms with Gasteiger partial charge in [-0.05, 0) is 39.2 Å². The second-order valence-electron chi connectivity index (χ2n) is 5.65. The van der Waals surface area contributed by atoms with Gasteiger partial charge in [0, 0.05) is 17.2 Å². The largest absolute Gasteiger partial charge is 0.282 e. The fraction of sp³-hybridized carbons (Fsp3) is 0.471. The summed E-state index contributed by atoms with van der Waals surface area (Å²) in [6.45, 7) is 8.45. The van der Waals surface area contributed by atoms with E-state index in [0.29, 0.717) is 0 Å². The molecule has 20 heavy (non-hydrogen) atoms. The van der Waals surface area contributed by atoms with Crippen LogP contribution in [-0.4, -0.2) is 9.78 Å². The predicted octanol–water partition coefficient (Wildman–Crippen LogP) is 4.08. The Kier molecular flexibility index (Phi) is 4.48. The second-order valence-corrected chi connectivity index (χ2v) is 5.65. The number of nitrogens with zero attached hydrogens (tertiary/aromatic N) is 1. The lowest BCUT2D eigenvalue weighted by Crippen LogP contribution is -2.09. The molecule has 2 rings (SSSR count). The van der Waals surface area contributed by atoms with Crippen LogP contribution >= 0.6 is 0 Å². The zero-order valence-corrected chi connectivity index (χ0v) is 12.9. The number of aryl methyl sites for hydroxylation is 1. The SMILES string of the molecule is CCCCc1c(-c2ccccc2C)n(C(C)C)[nH]c1=O. The van der Waals surface area contributed by atoms with E-state index in [4.69, 9.17) is 0 Å². The highest BCUT2D eigenvalue weighted by Gasteiger charge is 2.18. The van der Waals surface area contributed by atoms with E-state index in [-0.39, 0.29) is 11.6 Å². The van der Waals surface area contributed by atoms with Crippen molar-refractivity contribution >= 4 is 0 Å². The molecule has 0 saturated carbocycles. The summed E-state index contributed by atoms with van der Waals surface area (Å²) in [5.41, 5.74) is 4.42. The third kappa shape index (κ3) is 2.72. The molecule has 0 saturated heterocycles. The zero-order chi connectivity index (χ0) is 14.7. The molecule has 0 aliphatic carbocycles. The minimum atomic E-state index is 0.0606. The monoisotopic (exact) mass is 272 g/mol. The number of benzene rings is 1. The number of aromatic nitrogens is 2. The summed E-state index contributed by atoms with van der Waals surface area (Å²) in [6.07, 6.45) is 2.98. The maximum absolute atomic E-state index is 12.3. The lowest BCUT2D eigenvalue weighted by molar-refractivity contribution is 0.534. The van der Waals surface area contributed by atoms with E-state index >= 15 is 0 Å². The van der Waals surface area contributed by atoms with Gasteiger partial charge in [-0.3, -0.25) is 14.6 Å². The van der Waals surface area contributed by atoms with Crippen molar-refractivity contribution < 1.29 is 0 Å². The zero-order valence-electron chi connectivity index (χ0n) is 12.9. The third-order valence-electron chi connectivity index (χ3n) is 3.72. The number of nitrogens with one attached hydrogen (secondary N) is 1. The summed E-state index contributed by atoms with van der Waals surface area (Å²) in [5, 5.41) is 3.01. The summed E-state index contributed by atoms with van der Waals surface area (Å²) in [5.74, 6) is 0. The van der Waals surface area contributed by atoms with Gasteiger partial charge in [-0.15, -0.1) is 0 Å². The molecule has 3 heteroatoms. The topological polar surface area (TPSA) is 37.8 Å². The molecule has 1 N–H and O–H groups in total. The Morgan fingerprint density at radius 1 is 1.25 bits per heavy atom. The molecule has 2 aromatic rings. The summed E-state index contributed by atoms with van der Waals surface area (Å²) in [7, 11) is 0. The van der Waals surface area contributed by atoms with Crippen LogP contribution < -0.4 is 5.56 Å². The van der Waals surface area contributed by atoms with Crippen LogP contribution in [0.1, 0.15) is 50.8 Å². The van der Waals surface area contributed by atoms with Crippen molar-refractivity contribution in [3.05, 3.63) is 45.7 Å². The molecule has 1 aromatic carbocycles. The Bertz CT molecular complexity index is 635. The molecule has 0 fully saturated rings. The Morgan fingerprint density at radius 3 is 2.55 bits per heavy atom. The first kappa shape index (κ1) is 14.6. The van der Waals surface area contributed by atoms with Crippen molar-refractivity contribution in [1.82, 2.24) is 9.78 Å². The highest BCUT2D eigenvalue weighted by Crippen LogP contribution is 2.28. The highest BCUT2D eigenvalue weighted by atomic mass is 16.1. The molecule has 0 radical (unpaired) electrons. The number of H-pyrrole nitrogens is 1. The first-order valence-electron chi connectivity index (χ1n) is 7.45. The predicted molar refractivity (Wildman–Crippen MR) is 84.2 cm³/mol. The standard InChI is InChI=1S/C17H24N2O/c1-5-6-10-15-16(14-11-8-7-9-13(14)4)19(12(2)3)18-17(15)20/h7-9,11-12H,5-6,10H2,1-4H3,(H,18,20). The maximum atomic E-state index is 12.3. The van der Waals surface area contributed by atoms with Gasteiger partial charge in [0.2, 0.25) is 0 Å².